The molecule has 3 rings (SSSR count). The lowest BCUT2D eigenvalue weighted by Crippen LogP contribution is -2.23. The highest BCUT2D eigenvalue weighted by molar-refractivity contribution is 6.31. The molecule has 0 aliphatic rings. The third kappa shape index (κ3) is 4.78. The fourth-order valence-electron chi connectivity index (χ4n) is 2.68. The van der Waals surface area contributed by atoms with Gasteiger partial charge in [-0.3, -0.25) is 14.3 Å². The fraction of sp³-hybridized carbons (Fsp3) is 0.190. The van der Waals surface area contributed by atoms with Gasteiger partial charge in [0.1, 0.15) is 0 Å². The molecular weight excluding hydrogens is 376 g/mol. The van der Waals surface area contributed by atoms with Gasteiger partial charge in [0.15, 0.2) is 0 Å². The van der Waals surface area contributed by atoms with Gasteiger partial charge in [-0.25, -0.2) is 0 Å². The molecular formula is C21H21ClN4O2. The van der Waals surface area contributed by atoms with E-state index in [0.29, 0.717) is 29.2 Å². The maximum Gasteiger partial charge on any atom is 0.254 e. The second-order valence-electron chi connectivity index (χ2n) is 6.60. The average Bonchev–Trinajstić information content (AvgIpc) is 3.16. The molecule has 2 amide bonds. The van der Waals surface area contributed by atoms with Gasteiger partial charge < -0.3 is 10.2 Å². The summed E-state index contributed by atoms with van der Waals surface area (Å²) in [6, 6.07) is 14.7. The Bertz CT molecular complexity index is 980. The standard InChI is InChI=1S/C21H21ClN4O2/c1-25(2)21(28)16-9-7-15(8-10-16)11-23-20(27)18-12-24-26(14-18)13-17-5-3-4-6-19(17)22/h3-10,12,14H,11,13H2,1-2H3,(H,23,27). The molecule has 0 bridgehead atoms. The van der Waals surface area contributed by atoms with E-state index in [0.717, 1.165) is 11.1 Å². The van der Waals surface area contributed by atoms with Gasteiger partial charge in [0, 0.05) is 37.4 Å². The number of benzene rings is 2. The summed E-state index contributed by atoms with van der Waals surface area (Å²) in [7, 11) is 3.42. The summed E-state index contributed by atoms with van der Waals surface area (Å²) in [6.07, 6.45) is 3.22. The topological polar surface area (TPSA) is 67.2 Å². The van der Waals surface area contributed by atoms with Crippen molar-refractivity contribution in [3.8, 4) is 0 Å². The molecule has 0 unspecified atom stereocenters. The zero-order valence-corrected chi connectivity index (χ0v) is 16.5. The average molecular weight is 397 g/mol. The largest absolute Gasteiger partial charge is 0.348 e. The molecule has 144 valence electrons. The van der Waals surface area contributed by atoms with Crippen molar-refractivity contribution in [2.45, 2.75) is 13.1 Å². The molecule has 0 saturated carbocycles. The van der Waals surface area contributed by atoms with Crippen molar-refractivity contribution >= 4 is 23.4 Å². The highest BCUT2D eigenvalue weighted by atomic mass is 35.5. The Morgan fingerprint density at radius 3 is 2.46 bits per heavy atom. The van der Waals surface area contributed by atoms with E-state index in [9.17, 15) is 9.59 Å². The van der Waals surface area contributed by atoms with Crippen molar-refractivity contribution in [3.05, 3.63) is 88.2 Å². The molecule has 0 saturated heterocycles. The van der Waals surface area contributed by atoms with Gasteiger partial charge in [-0.05, 0) is 29.3 Å². The predicted molar refractivity (Wildman–Crippen MR) is 108 cm³/mol. The van der Waals surface area contributed by atoms with E-state index in [4.69, 9.17) is 11.6 Å². The van der Waals surface area contributed by atoms with Crippen LogP contribution >= 0.6 is 11.6 Å². The molecule has 2 aromatic carbocycles. The van der Waals surface area contributed by atoms with E-state index < -0.39 is 0 Å². The quantitative estimate of drug-likeness (QED) is 0.695. The number of hydrogen-bond donors (Lipinski definition) is 1. The van der Waals surface area contributed by atoms with Gasteiger partial charge in [0.05, 0.1) is 18.3 Å². The van der Waals surface area contributed by atoms with Crippen LogP contribution in [0.2, 0.25) is 5.02 Å². The van der Waals surface area contributed by atoms with Gasteiger partial charge >= 0.3 is 0 Å². The summed E-state index contributed by atoms with van der Waals surface area (Å²) < 4.78 is 1.68. The van der Waals surface area contributed by atoms with Crippen LogP contribution in [0.4, 0.5) is 0 Å². The number of nitrogens with zero attached hydrogens (tertiary/aromatic N) is 3. The Hall–Kier alpha value is -3.12. The van der Waals surface area contributed by atoms with Crippen molar-refractivity contribution in [2.24, 2.45) is 0 Å². The van der Waals surface area contributed by atoms with Crippen LogP contribution in [0.3, 0.4) is 0 Å². The van der Waals surface area contributed by atoms with Crippen molar-refractivity contribution in [1.29, 1.82) is 0 Å². The van der Waals surface area contributed by atoms with Crippen LogP contribution in [-0.4, -0.2) is 40.6 Å². The molecule has 1 aromatic heterocycles. The minimum absolute atomic E-state index is 0.0541. The second-order valence-corrected chi connectivity index (χ2v) is 7.00. The molecule has 1 N–H and O–H groups in total. The lowest BCUT2D eigenvalue weighted by Gasteiger charge is -2.10. The zero-order chi connectivity index (χ0) is 20.1. The monoisotopic (exact) mass is 396 g/mol. The molecule has 0 aliphatic carbocycles. The van der Waals surface area contributed by atoms with E-state index in [-0.39, 0.29) is 11.8 Å². The Kier molecular flexibility index (Phi) is 6.11. The summed E-state index contributed by atoms with van der Waals surface area (Å²) in [6.45, 7) is 0.860. The molecule has 3 aromatic rings. The third-order valence-corrected chi connectivity index (χ3v) is 4.61. The molecule has 6 nitrogen and oxygen atoms in total. The maximum atomic E-state index is 12.4. The number of amides is 2. The Balaban J connectivity index is 1.58. The smallest absolute Gasteiger partial charge is 0.254 e. The van der Waals surface area contributed by atoms with Crippen molar-refractivity contribution in [3.63, 3.8) is 0 Å². The summed E-state index contributed by atoms with van der Waals surface area (Å²) in [5.74, 6) is -0.264. The normalized spacial score (nSPS) is 10.5. The molecule has 7 heteroatoms. The number of rotatable bonds is 6. The number of halogens is 1. The van der Waals surface area contributed by atoms with Crippen LogP contribution < -0.4 is 5.32 Å². The van der Waals surface area contributed by atoms with E-state index in [1.807, 2.05) is 36.4 Å². The first-order chi connectivity index (χ1) is 13.4. The van der Waals surface area contributed by atoms with E-state index in [2.05, 4.69) is 10.4 Å². The van der Waals surface area contributed by atoms with Crippen molar-refractivity contribution in [1.82, 2.24) is 20.0 Å². The first kappa shape index (κ1) is 19.6. The minimum atomic E-state index is -0.209. The molecule has 1 heterocycles. The van der Waals surface area contributed by atoms with Crippen LogP contribution in [0, 0.1) is 0 Å². The first-order valence-corrected chi connectivity index (χ1v) is 9.16. The highest BCUT2D eigenvalue weighted by Gasteiger charge is 2.11. The summed E-state index contributed by atoms with van der Waals surface area (Å²) in [5.41, 5.74) is 2.94. The molecule has 0 spiro atoms. The van der Waals surface area contributed by atoms with Crippen LogP contribution in [0.1, 0.15) is 31.8 Å². The van der Waals surface area contributed by atoms with Gasteiger partial charge in [-0.1, -0.05) is 41.9 Å². The summed E-state index contributed by atoms with van der Waals surface area (Å²) in [4.78, 5) is 25.8. The first-order valence-electron chi connectivity index (χ1n) is 8.78. The maximum absolute atomic E-state index is 12.4. The van der Waals surface area contributed by atoms with Gasteiger partial charge in [-0.15, -0.1) is 0 Å². The second kappa shape index (κ2) is 8.71. The number of nitrogens with one attached hydrogen (secondary N) is 1. The van der Waals surface area contributed by atoms with Gasteiger partial charge in [0.25, 0.3) is 11.8 Å². The van der Waals surface area contributed by atoms with Crippen LogP contribution in [0.25, 0.3) is 0 Å². The van der Waals surface area contributed by atoms with Crippen LogP contribution in [-0.2, 0) is 13.1 Å². The SMILES string of the molecule is CN(C)C(=O)c1ccc(CNC(=O)c2cnn(Cc3ccccc3Cl)c2)cc1. The van der Waals surface area contributed by atoms with Crippen molar-refractivity contribution in [2.75, 3.05) is 14.1 Å². The van der Waals surface area contributed by atoms with Gasteiger partial charge in [0.2, 0.25) is 0 Å². The lowest BCUT2D eigenvalue weighted by atomic mass is 10.1. The summed E-state index contributed by atoms with van der Waals surface area (Å²) in [5, 5.41) is 7.76. The molecule has 0 aliphatic heterocycles. The Morgan fingerprint density at radius 2 is 1.79 bits per heavy atom. The number of hydrogen-bond acceptors (Lipinski definition) is 3. The fourth-order valence-corrected chi connectivity index (χ4v) is 2.87. The lowest BCUT2D eigenvalue weighted by molar-refractivity contribution is 0.0827. The number of carbonyl (C=O) groups excluding carboxylic acids is 2. The van der Waals surface area contributed by atoms with Crippen LogP contribution in [0.15, 0.2) is 60.9 Å². The summed E-state index contributed by atoms with van der Waals surface area (Å²) >= 11 is 6.16. The van der Waals surface area contributed by atoms with E-state index in [1.54, 1.807) is 37.1 Å². The number of carbonyl (C=O) groups is 2. The number of aromatic nitrogens is 2. The molecule has 0 radical (unpaired) electrons. The Labute approximate surface area is 168 Å². The van der Waals surface area contributed by atoms with Crippen molar-refractivity contribution < 1.29 is 9.59 Å². The van der Waals surface area contributed by atoms with Gasteiger partial charge in [-0.2, -0.15) is 5.10 Å². The molecule has 28 heavy (non-hydrogen) atoms. The highest BCUT2D eigenvalue weighted by Crippen LogP contribution is 2.16. The molecule has 0 atom stereocenters. The van der Waals surface area contributed by atoms with E-state index >= 15 is 0 Å². The zero-order valence-electron chi connectivity index (χ0n) is 15.7. The molecule has 0 fully saturated rings. The van der Waals surface area contributed by atoms with Crippen LogP contribution in [0.5, 0.6) is 0 Å². The predicted octanol–water partition coefficient (Wildman–Crippen LogP) is 3.22. The van der Waals surface area contributed by atoms with E-state index in [1.165, 1.54) is 11.1 Å². The Morgan fingerprint density at radius 1 is 1.07 bits per heavy atom. The third-order valence-electron chi connectivity index (χ3n) is 4.25. The minimum Gasteiger partial charge on any atom is -0.348 e.